The van der Waals surface area contributed by atoms with Gasteiger partial charge in [-0.25, -0.2) is 0 Å². The standard InChI is InChI=1S/C55H43N3/c1-4-10-39-34(7-1)35-8-2-5-11-40(35)55(39)41-12-6-3-9-36(41)37-19-38-46-42(24-56-50-28-15-32-17-30-13-26(44(46)50)20-53(30,32)22-28)58-43-25-57-51-29-16-33-18-31-14-27(21-54(31,33)23-29)45(51)47(43)48(49(37)55)52(38)58/h1-12,19,24-33H,13-18,20-23H2. The van der Waals surface area contributed by atoms with Gasteiger partial charge in [-0.05, 0) is 172 Å². The molecule has 3 heteroatoms. The second-order valence-corrected chi connectivity index (χ2v) is 21.7. The Morgan fingerprint density at radius 3 is 1.52 bits per heavy atom. The molecule has 0 saturated heterocycles. The molecule has 3 spiro atoms. The first-order valence-electron chi connectivity index (χ1n) is 23.0. The van der Waals surface area contributed by atoms with Crippen molar-refractivity contribution in [3.63, 3.8) is 0 Å². The van der Waals surface area contributed by atoms with E-state index in [4.69, 9.17) is 9.97 Å². The summed E-state index contributed by atoms with van der Waals surface area (Å²) in [5, 5.41) is 6.13. The lowest BCUT2D eigenvalue weighted by Gasteiger charge is -2.48. The summed E-state index contributed by atoms with van der Waals surface area (Å²) in [7, 11) is 0. The number of benzene rings is 4. The van der Waals surface area contributed by atoms with E-state index in [2.05, 4.69) is 95.7 Å². The molecule has 0 aliphatic heterocycles. The van der Waals surface area contributed by atoms with Crippen molar-refractivity contribution in [3.05, 3.63) is 136 Å². The Labute approximate surface area is 337 Å². The molecule has 10 atom stereocenters. The van der Waals surface area contributed by atoms with Crippen molar-refractivity contribution >= 4 is 38.1 Å². The van der Waals surface area contributed by atoms with Crippen LogP contribution in [0.3, 0.4) is 0 Å². The molecular weight excluding hydrogens is 703 g/mol. The van der Waals surface area contributed by atoms with E-state index in [1.165, 1.54) is 136 Å². The highest BCUT2D eigenvalue weighted by Gasteiger charge is 2.68. The Hall–Kier alpha value is -5.02. The van der Waals surface area contributed by atoms with Crippen molar-refractivity contribution in [2.75, 3.05) is 0 Å². The van der Waals surface area contributed by atoms with Crippen LogP contribution in [0.5, 0.6) is 0 Å². The second-order valence-electron chi connectivity index (χ2n) is 21.7. The number of hydrogen-bond acceptors (Lipinski definition) is 2. The van der Waals surface area contributed by atoms with Gasteiger partial charge < -0.3 is 4.40 Å². The maximum Gasteiger partial charge on any atom is 0.0732 e. The van der Waals surface area contributed by atoms with Crippen LogP contribution in [0.2, 0.25) is 0 Å². The maximum absolute atomic E-state index is 5.69. The zero-order valence-electron chi connectivity index (χ0n) is 32.7. The van der Waals surface area contributed by atoms with Gasteiger partial charge >= 0.3 is 0 Å². The fraction of sp³-hybridized carbons (Fsp3) is 0.382. The summed E-state index contributed by atoms with van der Waals surface area (Å²) in [4.78, 5) is 11.3. The van der Waals surface area contributed by atoms with E-state index < -0.39 is 5.41 Å². The molecule has 6 bridgehead atoms. The van der Waals surface area contributed by atoms with Gasteiger partial charge in [0.25, 0.3) is 0 Å². The SMILES string of the molecule is c1ccc2c(c1)-c1ccccc1C21c2ccccc2-c2cc3c4c5c(ncc4n4c6cnc7c(c6c(c21)c34)C1CC2CC3CC7CC32C1)C1CC2CC3CC5CC23C1. The minimum absolute atomic E-state index is 0.392. The Balaban J connectivity index is 1.08. The second kappa shape index (κ2) is 8.79. The van der Waals surface area contributed by atoms with Crippen LogP contribution in [-0.2, 0) is 5.41 Å². The zero-order chi connectivity index (χ0) is 36.8. The molecule has 58 heavy (non-hydrogen) atoms. The van der Waals surface area contributed by atoms with Crippen LogP contribution < -0.4 is 0 Å². The summed E-state index contributed by atoms with van der Waals surface area (Å²) in [6, 6.07) is 31.2. The molecule has 0 radical (unpaired) electrons. The van der Waals surface area contributed by atoms with Crippen molar-refractivity contribution < 1.29 is 0 Å². The molecule has 3 nitrogen and oxygen atoms in total. The minimum atomic E-state index is -0.392. The minimum Gasteiger partial charge on any atom is -0.305 e. The molecule has 4 aromatic heterocycles. The molecular formula is C55H43N3. The van der Waals surface area contributed by atoms with Crippen LogP contribution in [0.25, 0.3) is 60.3 Å². The summed E-state index contributed by atoms with van der Waals surface area (Å²) in [5.41, 5.74) is 22.8. The lowest BCUT2D eigenvalue weighted by molar-refractivity contribution is 0.00321. The highest BCUT2D eigenvalue weighted by atomic mass is 15.0. The van der Waals surface area contributed by atoms with Gasteiger partial charge in [-0.15, -0.1) is 0 Å². The largest absolute Gasteiger partial charge is 0.305 e. The number of fused-ring (bicyclic) bond motifs is 29. The first-order chi connectivity index (χ1) is 28.7. The molecule has 4 heterocycles. The predicted molar refractivity (Wildman–Crippen MR) is 229 cm³/mol. The summed E-state index contributed by atoms with van der Waals surface area (Å²) in [6.45, 7) is 0. The lowest BCUT2D eigenvalue weighted by Crippen LogP contribution is -2.41. The van der Waals surface area contributed by atoms with Gasteiger partial charge in [0.2, 0.25) is 0 Å². The first kappa shape index (κ1) is 29.2. The van der Waals surface area contributed by atoms with E-state index in [0.29, 0.717) is 34.5 Å². The average Bonchev–Trinajstić information content (AvgIpc) is 4.11. The molecule has 278 valence electrons. The number of aromatic nitrogens is 3. The smallest absolute Gasteiger partial charge is 0.0732 e. The maximum atomic E-state index is 5.69. The Morgan fingerprint density at radius 1 is 0.483 bits per heavy atom. The quantitative estimate of drug-likeness (QED) is 0.155. The van der Waals surface area contributed by atoms with Crippen LogP contribution in [0.4, 0.5) is 0 Å². The van der Waals surface area contributed by atoms with Gasteiger partial charge in [0.1, 0.15) is 0 Å². The van der Waals surface area contributed by atoms with E-state index in [-0.39, 0.29) is 0 Å². The van der Waals surface area contributed by atoms with E-state index in [1.807, 2.05) is 0 Å². The van der Waals surface area contributed by atoms with Crippen molar-refractivity contribution in [1.82, 2.24) is 14.4 Å². The Morgan fingerprint density at radius 2 is 0.948 bits per heavy atom. The molecule has 4 aromatic carbocycles. The van der Waals surface area contributed by atoms with Crippen molar-refractivity contribution in [2.45, 2.75) is 93.3 Å². The number of nitrogens with zero attached hydrogens (tertiary/aromatic N) is 3. The number of pyridine rings is 2. The number of hydrogen-bond donors (Lipinski definition) is 0. The Kier molecular flexibility index (Phi) is 4.43. The molecule has 0 amide bonds. The van der Waals surface area contributed by atoms with Crippen LogP contribution in [-0.4, -0.2) is 14.4 Å². The summed E-state index contributed by atoms with van der Waals surface area (Å²) in [6.07, 6.45) is 18.7. The zero-order valence-corrected chi connectivity index (χ0v) is 32.7. The first-order valence-corrected chi connectivity index (χ1v) is 23.0. The number of rotatable bonds is 0. The fourth-order valence-corrected chi connectivity index (χ4v) is 18.9. The molecule has 18 rings (SSSR count). The average molecular weight is 746 g/mol. The molecule has 6 saturated carbocycles. The van der Waals surface area contributed by atoms with E-state index in [9.17, 15) is 0 Å². The van der Waals surface area contributed by atoms with Gasteiger partial charge in [-0.3, -0.25) is 9.97 Å². The fourth-order valence-electron chi connectivity index (χ4n) is 18.9. The third-order valence-corrected chi connectivity index (χ3v) is 20.5. The molecule has 10 aliphatic rings. The topological polar surface area (TPSA) is 30.2 Å². The highest BCUT2D eigenvalue weighted by molar-refractivity contribution is 6.28. The molecule has 10 unspecified atom stereocenters. The predicted octanol–water partition coefficient (Wildman–Crippen LogP) is 12.8. The van der Waals surface area contributed by atoms with E-state index >= 15 is 0 Å². The molecule has 8 aromatic rings. The van der Waals surface area contributed by atoms with Crippen LogP contribution in [0.1, 0.15) is 133 Å². The van der Waals surface area contributed by atoms with E-state index in [0.717, 1.165) is 23.7 Å². The van der Waals surface area contributed by atoms with Crippen LogP contribution >= 0.6 is 0 Å². The Bertz CT molecular complexity index is 3300. The van der Waals surface area contributed by atoms with Crippen molar-refractivity contribution in [2.24, 2.45) is 34.5 Å². The van der Waals surface area contributed by atoms with Crippen molar-refractivity contribution in [3.8, 4) is 22.3 Å². The summed E-state index contributed by atoms with van der Waals surface area (Å²) in [5.74, 6) is 6.21. The monoisotopic (exact) mass is 745 g/mol. The summed E-state index contributed by atoms with van der Waals surface area (Å²) < 4.78 is 2.74. The third-order valence-electron chi connectivity index (χ3n) is 20.5. The molecule has 0 N–H and O–H groups in total. The van der Waals surface area contributed by atoms with Gasteiger partial charge in [0, 0.05) is 44.8 Å². The van der Waals surface area contributed by atoms with Crippen molar-refractivity contribution in [1.29, 1.82) is 0 Å². The van der Waals surface area contributed by atoms with Gasteiger partial charge in [0.05, 0.1) is 34.4 Å². The van der Waals surface area contributed by atoms with E-state index in [1.54, 1.807) is 32.8 Å². The molecule has 6 fully saturated rings. The normalized spacial score (nSPS) is 35.9. The van der Waals surface area contributed by atoms with Gasteiger partial charge in [0.15, 0.2) is 0 Å². The lowest BCUT2D eigenvalue weighted by atomic mass is 9.56. The van der Waals surface area contributed by atoms with Gasteiger partial charge in [-0.2, -0.15) is 0 Å². The molecule has 10 aliphatic carbocycles. The summed E-state index contributed by atoms with van der Waals surface area (Å²) >= 11 is 0. The van der Waals surface area contributed by atoms with Crippen LogP contribution in [0, 0.1) is 34.5 Å². The third kappa shape index (κ3) is 2.68. The highest BCUT2D eigenvalue weighted by Crippen LogP contribution is 2.78. The van der Waals surface area contributed by atoms with Crippen LogP contribution in [0.15, 0.2) is 91.3 Å². The van der Waals surface area contributed by atoms with Gasteiger partial charge in [-0.1, -0.05) is 72.8 Å².